The lowest BCUT2D eigenvalue weighted by Gasteiger charge is -2.22. The molecule has 0 bridgehead atoms. The van der Waals surface area contributed by atoms with Crippen molar-refractivity contribution in [3.05, 3.63) is 29.8 Å². The summed E-state index contributed by atoms with van der Waals surface area (Å²) in [6, 6.07) is 3.92. The number of benzene rings is 1. The smallest absolute Gasteiger partial charge is 0.322 e. The Hall–Kier alpha value is -2.79. The number of aliphatic carboxylic acids is 1. The van der Waals surface area contributed by atoms with E-state index < -0.39 is 42.3 Å². The van der Waals surface area contributed by atoms with Crippen LogP contribution in [0.2, 0.25) is 0 Å². The normalized spacial score (nSPS) is 12.5. The number of hydrogen-bond donors (Lipinski definition) is 7. The van der Waals surface area contributed by atoms with Crippen molar-refractivity contribution in [1.29, 1.82) is 0 Å². The SMILES string of the molecule is NCC(=O)NC(Cc1ccc(O)cc1)C(=O)NC(CS)C(=O)NCC(=O)O. The number of aromatic hydroxyl groups is 1. The first-order valence-electron chi connectivity index (χ1n) is 7.94. The van der Waals surface area contributed by atoms with E-state index in [9.17, 15) is 24.3 Å². The van der Waals surface area contributed by atoms with Crippen LogP contribution in [-0.4, -0.2) is 64.8 Å². The van der Waals surface area contributed by atoms with Crippen molar-refractivity contribution in [2.24, 2.45) is 5.73 Å². The molecule has 27 heavy (non-hydrogen) atoms. The Morgan fingerprint density at radius 2 is 1.67 bits per heavy atom. The highest BCUT2D eigenvalue weighted by Gasteiger charge is 2.26. The number of nitrogens with one attached hydrogen (secondary N) is 3. The predicted molar refractivity (Wildman–Crippen MR) is 99.2 cm³/mol. The van der Waals surface area contributed by atoms with Crippen LogP contribution in [0.15, 0.2) is 24.3 Å². The van der Waals surface area contributed by atoms with Crippen molar-refractivity contribution < 1.29 is 29.4 Å². The molecule has 1 aromatic rings. The molecule has 10 nitrogen and oxygen atoms in total. The van der Waals surface area contributed by atoms with Gasteiger partial charge in [-0.25, -0.2) is 0 Å². The summed E-state index contributed by atoms with van der Waals surface area (Å²) in [7, 11) is 0. The van der Waals surface area contributed by atoms with Crippen LogP contribution in [0.4, 0.5) is 0 Å². The van der Waals surface area contributed by atoms with Crippen LogP contribution in [0.1, 0.15) is 5.56 Å². The summed E-state index contributed by atoms with van der Waals surface area (Å²) in [6.45, 7) is -0.922. The molecule has 0 saturated carbocycles. The zero-order valence-corrected chi connectivity index (χ0v) is 15.2. The average molecular weight is 398 g/mol. The minimum Gasteiger partial charge on any atom is -0.508 e. The molecule has 0 spiro atoms. The predicted octanol–water partition coefficient (Wildman–Crippen LogP) is -2.01. The van der Waals surface area contributed by atoms with Crippen LogP contribution in [0.25, 0.3) is 0 Å². The molecule has 11 heteroatoms. The fourth-order valence-electron chi connectivity index (χ4n) is 2.08. The van der Waals surface area contributed by atoms with Crippen molar-refractivity contribution in [2.45, 2.75) is 18.5 Å². The highest BCUT2D eigenvalue weighted by molar-refractivity contribution is 7.80. The number of amides is 3. The summed E-state index contributed by atoms with van der Waals surface area (Å²) in [6.07, 6.45) is 0.0912. The highest BCUT2D eigenvalue weighted by atomic mass is 32.1. The molecular formula is C16H22N4O6S. The van der Waals surface area contributed by atoms with Gasteiger partial charge >= 0.3 is 5.97 Å². The quantitative estimate of drug-likeness (QED) is 0.223. The molecule has 7 N–H and O–H groups in total. The number of rotatable bonds is 10. The van der Waals surface area contributed by atoms with E-state index in [0.29, 0.717) is 5.56 Å². The van der Waals surface area contributed by atoms with Gasteiger partial charge in [-0.15, -0.1) is 0 Å². The van der Waals surface area contributed by atoms with E-state index in [0.717, 1.165) is 0 Å². The molecule has 0 saturated heterocycles. The maximum absolute atomic E-state index is 12.5. The number of thiol groups is 1. The molecule has 3 amide bonds. The zero-order valence-electron chi connectivity index (χ0n) is 14.3. The van der Waals surface area contributed by atoms with Crippen molar-refractivity contribution in [2.75, 3.05) is 18.8 Å². The van der Waals surface area contributed by atoms with E-state index in [-0.39, 0.29) is 24.5 Å². The molecule has 0 fully saturated rings. The molecule has 0 aliphatic heterocycles. The number of carbonyl (C=O) groups excluding carboxylic acids is 3. The summed E-state index contributed by atoms with van der Waals surface area (Å²) in [4.78, 5) is 46.6. The van der Waals surface area contributed by atoms with Gasteiger partial charge in [-0.2, -0.15) is 12.6 Å². The molecule has 0 aromatic heterocycles. The van der Waals surface area contributed by atoms with Gasteiger partial charge in [0.1, 0.15) is 24.4 Å². The summed E-state index contributed by atoms with van der Waals surface area (Å²) >= 11 is 3.98. The first-order chi connectivity index (χ1) is 12.8. The van der Waals surface area contributed by atoms with Crippen molar-refractivity contribution in [3.63, 3.8) is 0 Å². The van der Waals surface area contributed by atoms with E-state index in [1.54, 1.807) is 12.1 Å². The van der Waals surface area contributed by atoms with Crippen LogP contribution < -0.4 is 21.7 Å². The fraction of sp³-hybridized carbons (Fsp3) is 0.375. The van der Waals surface area contributed by atoms with Gasteiger partial charge in [-0.05, 0) is 17.7 Å². The van der Waals surface area contributed by atoms with Crippen molar-refractivity contribution >= 4 is 36.3 Å². The molecule has 2 atom stereocenters. The topological polar surface area (TPSA) is 171 Å². The van der Waals surface area contributed by atoms with Gasteiger partial charge in [0.25, 0.3) is 0 Å². The van der Waals surface area contributed by atoms with Crippen LogP contribution in [0.5, 0.6) is 5.75 Å². The third-order valence-corrected chi connectivity index (χ3v) is 3.81. The van der Waals surface area contributed by atoms with Crippen LogP contribution in [0, 0.1) is 0 Å². The van der Waals surface area contributed by atoms with Crippen LogP contribution in [-0.2, 0) is 25.6 Å². The Kier molecular flexibility index (Phi) is 9.09. The number of carboxylic acids is 1. The van der Waals surface area contributed by atoms with Crippen molar-refractivity contribution in [3.8, 4) is 5.75 Å². The number of carbonyl (C=O) groups is 4. The summed E-state index contributed by atoms with van der Waals surface area (Å²) in [5.41, 5.74) is 5.92. The number of phenols is 1. The first-order valence-corrected chi connectivity index (χ1v) is 8.58. The lowest BCUT2D eigenvalue weighted by molar-refractivity contribution is -0.138. The molecule has 148 valence electrons. The van der Waals surface area contributed by atoms with Gasteiger partial charge in [-0.1, -0.05) is 12.1 Å². The number of nitrogens with two attached hydrogens (primary N) is 1. The average Bonchev–Trinajstić information content (AvgIpc) is 2.64. The summed E-state index contributed by atoms with van der Waals surface area (Å²) < 4.78 is 0. The Morgan fingerprint density at radius 1 is 1.04 bits per heavy atom. The van der Waals surface area contributed by atoms with E-state index >= 15 is 0 Å². The Morgan fingerprint density at radius 3 is 2.19 bits per heavy atom. The molecule has 0 radical (unpaired) electrons. The van der Waals surface area contributed by atoms with Gasteiger partial charge in [0.05, 0.1) is 6.54 Å². The maximum atomic E-state index is 12.5. The van der Waals surface area contributed by atoms with Crippen molar-refractivity contribution in [1.82, 2.24) is 16.0 Å². The third kappa shape index (κ3) is 7.96. The molecule has 2 unspecified atom stereocenters. The number of phenolic OH excluding ortho intramolecular Hbond substituents is 1. The lowest BCUT2D eigenvalue weighted by Crippen LogP contribution is -2.56. The minimum atomic E-state index is -1.23. The Balaban J connectivity index is 2.84. The summed E-state index contributed by atoms with van der Waals surface area (Å²) in [5, 5.41) is 25.0. The van der Waals surface area contributed by atoms with Gasteiger partial charge in [0.2, 0.25) is 17.7 Å². The standard InChI is InChI=1S/C16H22N4O6S/c17-6-13(22)19-11(5-9-1-3-10(21)4-2-9)16(26)20-12(8-27)15(25)18-7-14(23)24/h1-4,11-12,21,27H,5-8,17H2,(H,18,25)(H,19,22)(H,20,26)(H,23,24). The zero-order chi connectivity index (χ0) is 20.4. The van der Waals surface area contributed by atoms with Gasteiger partial charge in [-0.3, -0.25) is 19.2 Å². The van der Waals surface area contributed by atoms with E-state index in [1.807, 2.05) is 0 Å². The highest BCUT2D eigenvalue weighted by Crippen LogP contribution is 2.11. The maximum Gasteiger partial charge on any atom is 0.322 e. The number of carboxylic acid groups (broad SMARTS) is 1. The molecule has 0 aliphatic rings. The Bertz CT molecular complexity index is 682. The largest absolute Gasteiger partial charge is 0.508 e. The Labute approximate surface area is 160 Å². The summed E-state index contributed by atoms with van der Waals surface area (Å²) in [5.74, 6) is -3.19. The minimum absolute atomic E-state index is 0.0518. The van der Waals surface area contributed by atoms with Crippen LogP contribution in [0.3, 0.4) is 0 Å². The van der Waals surface area contributed by atoms with Gasteiger partial charge < -0.3 is 31.9 Å². The third-order valence-electron chi connectivity index (χ3n) is 3.44. The molecule has 0 heterocycles. The van der Waals surface area contributed by atoms with E-state index in [1.165, 1.54) is 12.1 Å². The molecule has 1 rings (SSSR count). The van der Waals surface area contributed by atoms with Crippen LogP contribution >= 0.6 is 12.6 Å². The first kappa shape index (κ1) is 22.3. The number of hydrogen-bond acceptors (Lipinski definition) is 7. The second-order valence-corrected chi connectivity index (χ2v) is 5.92. The van der Waals surface area contributed by atoms with Gasteiger partial charge in [0, 0.05) is 12.2 Å². The second kappa shape index (κ2) is 11.0. The second-order valence-electron chi connectivity index (χ2n) is 5.55. The van der Waals surface area contributed by atoms with E-state index in [2.05, 4.69) is 28.6 Å². The lowest BCUT2D eigenvalue weighted by atomic mass is 10.0. The fourth-order valence-corrected chi connectivity index (χ4v) is 2.34. The molecule has 1 aromatic carbocycles. The molecular weight excluding hydrogens is 376 g/mol. The monoisotopic (exact) mass is 398 g/mol. The van der Waals surface area contributed by atoms with Gasteiger partial charge in [0.15, 0.2) is 0 Å². The van der Waals surface area contributed by atoms with E-state index in [4.69, 9.17) is 10.8 Å². The molecule has 0 aliphatic carbocycles.